The van der Waals surface area contributed by atoms with Crippen molar-refractivity contribution in [3.8, 4) is 0 Å². The van der Waals surface area contributed by atoms with Crippen LogP contribution in [0.2, 0.25) is 0 Å². The molecule has 0 saturated heterocycles. The Bertz CT molecular complexity index is 524. The van der Waals surface area contributed by atoms with E-state index in [0.717, 1.165) is 37.0 Å². The molecule has 164 valence electrons. The Morgan fingerprint density at radius 2 is 1.68 bits per heavy atom. The third-order valence-electron chi connectivity index (χ3n) is 9.57. The molecule has 0 heterocycles. The molecular formula is C25H46O3. The minimum atomic E-state index is -0.540. The molecular weight excluding hydrogens is 348 g/mol. The summed E-state index contributed by atoms with van der Waals surface area (Å²) in [7, 11) is 0. The van der Waals surface area contributed by atoms with Crippen LogP contribution in [0.1, 0.15) is 98.8 Å². The van der Waals surface area contributed by atoms with Crippen LogP contribution in [0.15, 0.2) is 0 Å². The lowest BCUT2D eigenvalue weighted by Gasteiger charge is -2.59. The average Bonchev–Trinajstić information content (AvgIpc) is 2.93. The second kappa shape index (κ2) is 8.19. The lowest BCUT2D eigenvalue weighted by molar-refractivity contribution is -0.122. The maximum absolute atomic E-state index is 10.4. The van der Waals surface area contributed by atoms with Gasteiger partial charge in [0.2, 0.25) is 0 Å². The number of fused-ring (bicyclic) bond motifs is 3. The highest BCUT2D eigenvalue weighted by Crippen LogP contribution is 2.66. The molecule has 3 rings (SSSR count). The largest absolute Gasteiger partial charge is 0.396 e. The molecule has 3 nitrogen and oxygen atoms in total. The van der Waals surface area contributed by atoms with Gasteiger partial charge >= 0.3 is 0 Å². The summed E-state index contributed by atoms with van der Waals surface area (Å²) >= 11 is 0. The van der Waals surface area contributed by atoms with Crippen LogP contribution in [-0.4, -0.2) is 33.6 Å². The first kappa shape index (κ1) is 22.6. The fourth-order valence-electron chi connectivity index (χ4n) is 7.94. The lowest BCUT2D eigenvalue weighted by Crippen LogP contribution is -2.53. The summed E-state index contributed by atoms with van der Waals surface area (Å²) in [5.74, 6) is 3.42. The first-order chi connectivity index (χ1) is 13.0. The van der Waals surface area contributed by atoms with E-state index in [2.05, 4.69) is 13.8 Å². The summed E-state index contributed by atoms with van der Waals surface area (Å²) < 4.78 is 0. The van der Waals surface area contributed by atoms with E-state index in [1.807, 2.05) is 20.8 Å². The van der Waals surface area contributed by atoms with Crippen LogP contribution in [0, 0.1) is 40.4 Å². The maximum Gasteiger partial charge on any atom is 0.0591 e. The van der Waals surface area contributed by atoms with Gasteiger partial charge in [-0.05, 0) is 119 Å². The molecule has 3 aliphatic rings. The molecule has 0 radical (unpaired) electrons. The van der Waals surface area contributed by atoms with Gasteiger partial charge in [-0.1, -0.05) is 20.3 Å². The summed E-state index contributed by atoms with van der Waals surface area (Å²) in [4.78, 5) is 0. The van der Waals surface area contributed by atoms with E-state index in [-0.39, 0.29) is 18.1 Å². The molecule has 28 heavy (non-hydrogen) atoms. The Morgan fingerprint density at radius 1 is 1.00 bits per heavy atom. The molecule has 0 amide bonds. The van der Waals surface area contributed by atoms with Crippen molar-refractivity contribution in [2.75, 3.05) is 6.61 Å². The van der Waals surface area contributed by atoms with E-state index < -0.39 is 5.60 Å². The molecule has 3 fully saturated rings. The zero-order valence-corrected chi connectivity index (χ0v) is 19.1. The highest BCUT2D eigenvalue weighted by atomic mass is 16.3. The Kier molecular flexibility index (Phi) is 6.60. The highest BCUT2D eigenvalue weighted by molar-refractivity contribution is 5.08. The van der Waals surface area contributed by atoms with E-state index in [9.17, 15) is 15.3 Å². The summed E-state index contributed by atoms with van der Waals surface area (Å²) in [6, 6.07) is 0. The van der Waals surface area contributed by atoms with Gasteiger partial charge in [0, 0.05) is 6.61 Å². The quantitative estimate of drug-likeness (QED) is 0.558. The summed E-state index contributed by atoms with van der Waals surface area (Å²) in [5.41, 5.74) is -0.115. The second-order valence-electron chi connectivity index (χ2n) is 11.9. The van der Waals surface area contributed by atoms with E-state index in [0.29, 0.717) is 17.3 Å². The van der Waals surface area contributed by atoms with E-state index in [1.54, 1.807) is 0 Å². The van der Waals surface area contributed by atoms with Gasteiger partial charge in [0.05, 0.1) is 11.7 Å². The molecule has 3 saturated carbocycles. The predicted molar refractivity (Wildman–Crippen MR) is 115 cm³/mol. The molecule has 8 unspecified atom stereocenters. The number of aliphatic hydroxyl groups is 3. The van der Waals surface area contributed by atoms with Crippen LogP contribution >= 0.6 is 0 Å². The molecule has 3 heteroatoms. The molecule has 3 N–H and O–H groups in total. The average molecular weight is 395 g/mol. The van der Waals surface area contributed by atoms with Crippen LogP contribution in [0.4, 0.5) is 0 Å². The normalized spacial score (nSPS) is 44.8. The van der Waals surface area contributed by atoms with Gasteiger partial charge in [0.1, 0.15) is 0 Å². The van der Waals surface area contributed by atoms with E-state index >= 15 is 0 Å². The van der Waals surface area contributed by atoms with Gasteiger partial charge < -0.3 is 15.3 Å². The topological polar surface area (TPSA) is 60.7 Å². The lowest BCUT2D eigenvalue weighted by atomic mass is 9.46. The molecule has 0 aliphatic heterocycles. The minimum Gasteiger partial charge on any atom is -0.396 e. The maximum atomic E-state index is 10.4. The number of rotatable bonds is 7. The van der Waals surface area contributed by atoms with Crippen molar-refractivity contribution in [3.63, 3.8) is 0 Å². The Labute approximate surface area is 173 Å². The Balaban J connectivity index is 1.71. The number of aliphatic hydroxyl groups excluding tert-OH is 2. The molecule has 0 bridgehead atoms. The van der Waals surface area contributed by atoms with Gasteiger partial charge in [-0.3, -0.25) is 0 Å². The van der Waals surface area contributed by atoms with Crippen LogP contribution < -0.4 is 0 Å². The smallest absolute Gasteiger partial charge is 0.0591 e. The summed E-state index contributed by atoms with van der Waals surface area (Å²) in [6.45, 7) is 10.9. The Hall–Kier alpha value is -0.120. The van der Waals surface area contributed by atoms with E-state index in [1.165, 1.54) is 44.9 Å². The molecule has 0 aromatic heterocycles. The molecule has 8 atom stereocenters. The van der Waals surface area contributed by atoms with Crippen molar-refractivity contribution >= 4 is 0 Å². The van der Waals surface area contributed by atoms with Crippen LogP contribution in [0.3, 0.4) is 0 Å². The third-order valence-corrected chi connectivity index (χ3v) is 9.57. The van der Waals surface area contributed by atoms with Crippen molar-refractivity contribution in [1.82, 2.24) is 0 Å². The van der Waals surface area contributed by atoms with Crippen molar-refractivity contribution in [1.29, 1.82) is 0 Å². The highest BCUT2D eigenvalue weighted by Gasteiger charge is 2.59. The standard InChI is InChI=1S/C25H46O3/c1-17(27)15-19-8-10-20-21-11-9-18(7-6-13-23(2,3)28)24(21,4)14-12-22(20)25(19,5)16-26/h17-22,26-28H,6-16H2,1-5H3. The molecule has 0 spiro atoms. The number of hydrogen-bond donors (Lipinski definition) is 3. The van der Waals surface area contributed by atoms with Gasteiger partial charge in [-0.2, -0.15) is 0 Å². The van der Waals surface area contributed by atoms with Gasteiger partial charge in [0.15, 0.2) is 0 Å². The van der Waals surface area contributed by atoms with E-state index in [4.69, 9.17) is 0 Å². The van der Waals surface area contributed by atoms with Crippen LogP contribution in [0.25, 0.3) is 0 Å². The Morgan fingerprint density at radius 3 is 2.29 bits per heavy atom. The first-order valence-corrected chi connectivity index (χ1v) is 12.0. The SMILES string of the molecule is CC(O)CC1CCC2C(CCC3(C)C(CCCC(C)(C)O)CCC23)C1(C)CO. The number of hydrogen-bond acceptors (Lipinski definition) is 3. The fourth-order valence-corrected chi connectivity index (χ4v) is 7.94. The van der Waals surface area contributed by atoms with Crippen molar-refractivity contribution < 1.29 is 15.3 Å². The third kappa shape index (κ3) is 4.18. The second-order valence-corrected chi connectivity index (χ2v) is 11.9. The zero-order chi connectivity index (χ0) is 20.7. The van der Waals surface area contributed by atoms with Gasteiger partial charge in [-0.25, -0.2) is 0 Å². The monoisotopic (exact) mass is 394 g/mol. The molecule has 0 aromatic carbocycles. The first-order valence-electron chi connectivity index (χ1n) is 12.0. The van der Waals surface area contributed by atoms with Crippen molar-refractivity contribution in [2.24, 2.45) is 40.4 Å². The summed E-state index contributed by atoms with van der Waals surface area (Å²) in [5, 5.41) is 30.5. The predicted octanol–water partition coefficient (Wildman–Crippen LogP) is 5.17. The van der Waals surface area contributed by atoms with Gasteiger partial charge in [0.25, 0.3) is 0 Å². The molecule has 0 aromatic rings. The van der Waals surface area contributed by atoms with Crippen molar-refractivity contribution in [2.45, 2.75) is 111 Å². The fraction of sp³-hybridized carbons (Fsp3) is 1.00. The van der Waals surface area contributed by atoms with Gasteiger partial charge in [-0.15, -0.1) is 0 Å². The molecule has 3 aliphatic carbocycles. The van der Waals surface area contributed by atoms with Crippen LogP contribution in [-0.2, 0) is 0 Å². The minimum absolute atomic E-state index is 0.0275. The van der Waals surface area contributed by atoms with Crippen molar-refractivity contribution in [3.05, 3.63) is 0 Å². The zero-order valence-electron chi connectivity index (χ0n) is 19.1. The summed E-state index contributed by atoms with van der Waals surface area (Å²) in [6.07, 6.45) is 11.6. The van der Waals surface area contributed by atoms with Crippen LogP contribution in [0.5, 0.6) is 0 Å².